The van der Waals surface area contributed by atoms with E-state index in [-0.39, 0.29) is 6.04 Å². The van der Waals surface area contributed by atoms with Crippen molar-refractivity contribution in [2.45, 2.75) is 33.4 Å². The van der Waals surface area contributed by atoms with Crippen molar-refractivity contribution in [2.24, 2.45) is 0 Å². The van der Waals surface area contributed by atoms with Crippen molar-refractivity contribution in [3.05, 3.63) is 33.5 Å². The first kappa shape index (κ1) is 15.2. The van der Waals surface area contributed by atoms with E-state index in [1.54, 1.807) is 18.4 Å². The SMILES string of the molecule is CCn1cc(C(NCCOC)c2nc(C)c(C)s2)cn1. The second kappa shape index (κ2) is 6.97. The molecule has 2 aromatic heterocycles. The second-order valence-electron chi connectivity index (χ2n) is 4.70. The van der Waals surface area contributed by atoms with Gasteiger partial charge in [-0.2, -0.15) is 5.10 Å². The maximum Gasteiger partial charge on any atom is 0.115 e. The monoisotopic (exact) mass is 294 g/mol. The van der Waals surface area contributed by atoms with E-state index in [0.717, 1.165) is 29.4 Å². The van der Waals surface area contributed by atoms with Gasteiger partial charge in [0.1, 0.15) is 5.01 Å². The molecule has 0 fully saturated rings. The van der Waals surface area contributed by atoms with Crippen LogP contribution in [0.3, 0.4) is 0 Å². The predicted octanol–water partition coefficient (Wildman–Crippen LogP) is 2.30. The van der Waals surface area contributed by atoms with Gasteiger partial charge in [0.2, 0.25) is 0 Å². The van der Waals surface area contributed by atoms with Gasteiger partial charge >= 0.3 is 0 Å². The van der Waals surface area contributed by atoms with Crippen molar-refractivity contribution >= 4 is 11.3 Å². The molecule has 1 unspecified atom stereocenters. The summed E-state index contributed by atoms with van der Waals surface area (Å²) in [7, 11) is 1.71. The van der Waals surface area contributed by atoms with Crippen LogP contribution in [-0.2, 0) is 11.3 Å². The minimum Gasteiger partial charge on any atom is -0.383 e. The summed E-state index contributed by atoms with van der Waals surface area (Å²) in [4.78, 5) is 5.94. The number of methoxy groups -OCH3 is 1. The highest BCUT2D eigenvalue weighted by atomic mass is 32.1. The Morgan fingerprint density at radius 2 is 2.25 bits per heavy atom. The molecule has 6 heteroatoms. The topological polar surface area (TPSA) is 52.0 Å². The van der Waals surface area contributed by atoms with Gasteiger partial charge in [-0.3, -0.25) is 4.68 Å². The van der Waals surface area contributed by atoms with Crippen molar-refractivity contribution in [1.82, 2.24) is 20.1 Å². The fourth-order valence-corrected chi connectivity index (χ4v) is 3.00. The maximum atomic E-state index is 5.12. The zero-order valence-corrected chi connectivity index (χ0v) is 13.3. The van der Waals surface area contributed by atoms with Gasteiger partial charge in [-0.1, -0.05) is 0 Å². The molecule has 2 aromatic rings. The molecule has 0 aromatic carbocycles. The number of thiazole rings is 1. The zero-order valence-electron chi connectivity index (χ0n) is 12.5. The Morgan fingerprint density at radius 3 is 2.80 bits per heavy atom. The Labute approximate surface area is 124 Å². The van der Waals surface area contributed by atoms with E-state index in [1.165, 1.54) is 4.88 Å². The molecule has 0 saturated carbocycles. The third-order valence-corrected chi connectivity index (χ3v) is 4.39. The number of nitrogens with one attached hydrogen (secondary N) is 1. The molecular formula is C14H22N4OS. The molecule has 1 N–H and O–H groups in total. The van der Waals surface area contributed by atoms with Gasteiger partial charge in [-0.05, 0) is 20.8 Å². The fraction of sp³-hybridized carbons (Fsp3) is 0.571. The van der Waals surface area contributed by atoms with Crippen molar-refractivity contribution in [3.8, 4) is 0 Å². The van der Waals surface area contributed by atoms with Crippen LogP contribution in [-0.4, -0.2) is 35.0 Å². The Bertz CT molecular complexity index is 530. The van der Waals surface area contributed by atoms with Crippen LogP contribution in [0.1, 0.15) is 34.1 Å². The summed E-state index contributed by atoms with van der Waals surface area (Å²) in [6, 6.07) is 0.0860. The summed E-state index contributed by atoms with van der Waals surface area (Å²) in [5.74, 6) is 0. The lowest BCUT2D eigenvalue weighted by Gasteiger charge is -2.14. The third kappa shape index (κ3) is 3.45. The molecule has 0 aliphatic rings. The van der Waals surface area contributed by atoms with Gasteiger partial charge in [-0.15, -0.1) is 11.3 Å². The zero-order chi connectivity index (χ0) is 14.5. The molecule has 5 nitrogen and oxygen atoms in total. The quantitative estimate of drug-likeness (QED) is 0.796. The average Bonchev–Trinajstić information content (AvgIpc) is 3.03. The van der Waals surface area contributed by atoms with Crippen LogP contribution in [0.25, 0.3) is 0 Å². The standard InChI is InChI=1S/C14H22N4OS/c1-5-18-9-12(8-16-18)13(15-6-7-19-4)14-17-10(2)11(3)20-14/h8-9,13,15H,5-7H2,1-4H3. The molecule has 0 aliphatic carbocycles. The minimum atomic E-state index is 0.0860. The van der Waals surface area contributed by atoms with Crippen molar-refractivity contribution in [2.75, 3.05) is 20.3 Å². The summed E-state index contributed by atoms with van der Waals surface area (Å²) in [5, 5.41) is 8.95. The molecule has 0 aliphatic heterocycles. The maximum absolute atomic E-state index is 5.12. The number of ether oxygens (including phenoxy) is 1. The van der Waals surface area contributed by atoms with Crippen LogP contribution in [0.15, 0.2) is 12.4 Å². The number of nitrogens with zero attached hydrogens (tertiary/aromatic N) is 3. The van der Waals surface area contributed by atoms with E-state index in [9.17, 15) is 0 Å². The van der Waals surface area contributed by atoms with E-state index in [1.807, 2.05) is 10.9 Å². The summed E-state index contributed by atoms with van der Waals surface area (Å²) in [6.07, 6.45) is 4.00. The van der Waals surface area contributed by atoms with Crippen molar-refractivity contribution < 1.29 is 4.74 Å². The van der Waals surface area contributed by atoms with E-state index in [0.29, 0.717) is 6.61 Å². The first-order valence-electron chi connectivity index (χ1n) is 6.84. The molecule has 0 amide bonds. The normalized spacial score (nSPS) is 12.8. The second-order valence-corrected chi connectivity index (χ2v) is 5.94. The van der Waals surface area contributed by atoms with Gasteiger partial charge in [0.25, 0.3) is 0 Å². The number of hydrogen-bond acceptors (Lipinski definition) is 5. The largest absolute Gasteiger partial charge is 0.383 e. The summed E-state index contributed by atoms with van der Waals surface area (Å²) < 4.78 is 7.06. The lowest BCUT2D eigenvalue weighted by molar-refractivity contribution is 0.197. The van der Waals surface area contributed by atoms with Crippen LogP contribution in [0.5, 0.6) is 0 Å². The molecule has 0 saturated heterocycles. The summed E-state index contributed by atoms with van der Waals surface area (Å²) >= 11 is 1.74. The van der Waals surface area contributed by atoms with E-state index in [4.69, 9.17) is 4.74 Å². The molecule has 2 rings (SSSR count). The van der Waals surface area contributed by atoms with Crippen LogP contribution in [0.2, 0.25) is 0 Å². The molecule has 2 heterocycles. The first-order valence-corrected chi connectivity index (χ1v) is 7.66. The first-order chi connectivity index (χ1) is 9.65. The van der Waals surface area contributed by atoms with Gasteiger partial charge in [0, 0.05) is 36.8 Å². The Balaban J connectivity index is 2.23. The van der Waals surface area contributed by atoms with E-state index in [2.05, 4.69) is 42.4 Å². The highest BCUT2D eigenvalue weighted by Gasteiger charge is 2.19. The van der Waals surface area contributed by atoms with Crippen LogP contribution < -0.4 is 5.32 Å². The van der Waals surface area contributed by atoms with Gasteiger partial charge in [-0.25, -0.2) is 4.98 Å². The van der Waals surface area contributed by atoms with Crippen LogP contribution >= 0.6 is 11.3 Å². The van der Waals surface area contributed by atoms with Gasteiger partial charge < -0.3 is 10.1 Å². The lowest BCUT2D eigenvalue weighted by atomic mass is 10.1. The minimum absolute atomic E-state index is 0.0860. The Hall–Kier alpha value is -1.24. The highest BCUT2D eigenvalue weighted by Crippen LogP contribution is 2.27. The van der Waals surface area contributed by atoms with Crippen LogP contribution in [0, 0.1) is 13.8 Å². The number of hydrogen-bond donors (Lipinski definition) is 1. The molecule has 0 bridgehead atoms. The summed E-state index contributed by atoms with van der Waals surface area (Å²) in [6.45, 7) is 8.59. The highest BCUT2D eigenvalue weighted by molar-refractivity contribution is 7.11. The van der Waals surface area contributed by atoms with Crippen molar-refractivity contribution in [1.29, 1.82) is 0 Å². The third-order valence-electron chi connectivity index (χ3n) is 3.26. The predicted molar refractivity (Wildman–Crippen MR) is 81.2 cm³/mol. The molecule has 110 valence electrons. The lowest BCUT2D eigenvalue weighted by Crippen LogP contribution is -2.25. The average molecular weight is 294 g/mol. The molecule has 20 heavy (non-hydrogen) atoms. The molecule has 0 spiro atoms. The number of rotatable bonds is 7. The summed E-state index contributed by atoms with van der Waals surface area (Å²) in [5.41, 5.74) is 2.25. The molecule has 1 atom stereocenters. The van der Waals surface area contributed by atoms with E-state index < -0.39 is 0 Å². The number of aryl methyl sites for hydroxylation is 3. The molecule has 0 radical (unpaired) electrons. The van der Waals surface area contributed by atoms with Gasteiger partial charge in [0.15, 0.2) is 0 Å². The Kier molecular flexibility index (Phi) is 5.28. The fourth-order valence-electron chi connectivity index (χ4n) is 1.98. The van der Waals surface area contributed by atoms with E-state index >= 15 is 0 Å². The molecular weight excluding hydrogens is 272 g/mol. The smallest absolute Gasteiger partial charge is 0.115 e. The van der Waals surface area contributed by atoms with Gasteiger partial charge in [0.05, 0.1) is 24.5 Å². The van der Waals surface area contributed by atoms with Crippen LogP contribution in [0.4, 0.5) is 0 Å². The number of aromatic nitrogens is 3. The Morgan fingerprint density at radius 1 is 1.45 bits per heavy atom. The van der Waals surface area contributed by atoms with Crippen molar-refractivity contribution in [3.63, 3.8) is 0 Å².